The monoisotopic (exact) mass is 364 g/mol. The van der Waals surface area contributed by atoms with Crippen LogP contribution in [0.5, 0.6) is 0 Å². The number of aliphatic hydroxyl groups is 1. The number of ether oxygens (including phenoxy) is 2. The molecule has 9 atom stereocenters. The van der Waals surface area contributed by atoms with Gasteiger partial charge in [0.15, 0.2) is 0 Å². The molecule has 2 heterocycles. The second-order valence-corrected chi connectivity index (χ2v) is 9.42. The minimum Gasteiger partial charge on any atom is -0.461 e. The summed E-state index contributed by atoms with van der Waals surface area (Å²) in [6.07, 6.45) is 5.04. The number of carbonyl (C=O) groups excluding carboxylic acids is 1. The SMILES string of the molecule is C[C@@H]1C[NH+](C[C@H]2C(=O)O[C@@H]3CC4=CCC[C@H](C)[C@@]4(C)[C@@H](O)[C@@H]32)C[C@H](C)O1. The van der Waals surface area contributed by atoms with E-state index in [1.807, 2.05) is 0 Å². The summed E-state index contributed by atoms with van der Waals surface area (Å²) < 4.78 is 11.6. The molecule has 0 radical (unpaired) electrons. The van der Waals surface area contributed by atoms with Crippen molar-refractivity contribution in [2.45, 2.75) is 71.4 Å². The first-order chi connectivity index (χ1) is 12.3. The van der Waals surface area contributed by atoms with E-state index in [0.29, 0.717) is 5.92 Å². The standard InChI is InChI=1S/C21H33NO4/c1-12-6-5-7-15-8-17-18(19(23)21(12,15)4)16(20(24)26-17)11-22-9-13(2)25-14(3)10-22/h7,12-14,16-19,23H,5-6,8-11H2,1-4H3/p+1/t12-,13-,14+,16+,17+,18+,19-,21+/m0/s1. The minimum absolute atomic E-state index is 0.0776. The van der Waals surface area contributed by atoms with Crippen LogP contribution >= 0.6 is 0 Å². The number of morpholine rings is 1. The number of quaternary nitrogens is 1. The first kappa shape index (κ1) is 18.5. The Morgan fingerprint density at radius 2 is 1.96 bits per heavy atom. The lowest BCUT2D eigenvalue weighted by Gasteiger charge is -2.51. The number of carbonyl (C=O) groups is 1. The molecular weight excluding hydrogens is 330 g/mol. The van der Waals surface area contributed by atoms with Gasteiger partial charge in [-0.25, -0.2) is 0 Å². The molecule has 2 aliphatic heterocycles. The Labute approximate surface area is 156 Å². The molecule has 1 unspecified atom stereocenters. The molecule has 4 aliphatic rings. The van der Waals surface area contributed by atoms with Gasteiger partial charge in [0.05, 0.1) is 12.6 Å². The van der Waals surface area contributed by atoms with Gasteiger partial charge in [0, 0.05) is 17.8 Å². The third kappa shape index (κ3) is 2.83. The maximum atomic E-state index is 12.7. The summed E-state index contributed by atoms with van der Waals surface area (Å²) in [5.41, 5.74) is 1.09. The topological polar surface area (TPSA) is 60.2 Å². The van der Waals surface area contributed by atoms with Crippen molar-refractivity contribution in [3.05, 3.63) is 11.6 Å². The first-order valence-electron chi connectivity index (χ1n) is 10.4. The normalized spacial score (nSPS) is 51.3. The summed E-state index contributed by atoms with van der Waals surface area (Å²) in [6, 6.07) is 0. The van der Waals surface area contributed by atoms with Crippen LogP contribution in [-0.4, -0.2) is 55.1 Å². The zero-order valence-electron chi connectivity index (χ0n) is 16.5. The highest BCUT2D eigenvalue weighted by Crippen LogP contribution is 2.55. The van der Waals surface area contributed by atoms with Crippen LogP contribution in [0.25, 0.3) is 0 Å². The minimum atomic E-state index is -0.505. The Bertz CT molecular complexity index is 595. The molecule has 0 aromatic carbocycles. The maximum absolute atomic E-state index is 12.7. The Hall–Kier alpha value is -0.910. The van der Waals surface area contributed by atoms with Gasteiger partial charge < -0.3 is 19.5 Å². The predicted octanol–water partition coefficient (Wildman–Crippen LogP) is 0.964. The number of esters is 1. The van der Waals surface area contributed by atoms with Gasteiger partial charge in [-0.05, 0) is 32.6 Å². The van der Waals surface area contributed by atoms with Crippen molar-refractivity contribution >= 4 is 5.97 Å². The average Bonchev–Trinajstić information content (AvgIpc) is 2.85. The van der Waals surface area contributed by atoms with Gasteiger partial charge >= 0.3 is 5.97 Å². The largest absolute Gasteiger partial charge is 0.461 e. The number of hydrogen-bond donors (Lipinski definition) is 2. The molecule has 3 fully saturated rings. The van der Waals surface area contributed by atoms with Gasteiger partial charge in [0.2, 0.25) is 0 Å². The second-order valence-electron chi connectivity index (χ2n) is 9.42. The third-order valence-corrected chi connectivity index (χ3v) is 7.70. The van der Waals surface area contributed by atoms with Gasteiger partial charge in [0.1, 0.15) is 37.3 Å². The number of nitrogens with one attached hydrogen (secondary N) is 1. The lowest BCUT2D eigenvalue weighted by atomic mass is 9.55. The Balaban J connectivity index is 1.57. The van der Waals surface area contributed by atoms with Crippen LogP contribution in [0.2, 0.25) is 0 Å². The van der Waals surface area contributed by atoms with Crippen LogP contribution in [-0.2, 0) is 14.3 Å². The molecule has 1 saturated carbocycles. The third-order valence-electron chi connectivity index (χ3n) is 7.70. The highest BCUT2D eigenvalue weighted by Gasteiger charge is 2.60. The molecule has 0 amide bonds. The molecule has 2 aliphatic carbocycles. The fourth-order valence-electron chi connectivity index (χ4n) is 6.16. The molecule has 5 nitrogen and oxygen atoms in total. The van der Waals surface area contributed by atoms with Crippen LogP contribution in [0, 0.1) is 23.2 Å². The highest BCUT2D eigenvalue weighted by molar-refractivity contribution is 5.76. The van der Waals surface area contributed by atoms with Crippen molar-refractivity contribution < 1.29 is 24.3 Å². The van der Waals surface area contributed by atoms with Crippen molar-refractivity contribution in [1.29, 1.82) is 0 Å². The van der Waals surface area contributed by atoms with Gasteiger partial charge in [-0.3, -0.25) is 4.79 Å². The number of rotatable bonds is 2. The Kier molecular flexibility index (Phi) is 4.69. The van der Waals surface area contributed by atoms with E-state index in [1.54, 1.807) is 0 Å². The lowest BCUT2D eigenvalue weighted by Crippen LogP contribution is -3.16. The molecule has 4 rings (SSSR count). The zero-order valence-corrected chi connectivity index (χ0v) is 16.5. The van der Waals surface area contributed by atoms with Crippen molar-refractivity contribution in [1.82, 2.24) is 0 Å². The molecule has 2 N–H and O–H groups in total. The summed E-state index contributed by atoms with van der Waals surface area (Å²) in [5, 5.41) is 11.4. The van der Waals surface area contributed by atoms with Crippen LogP contribution in [0.1, 0.15) is 47.0 Å². The summed E-state index contributed by atoms with van der Waals surface area (Å²) in [7, 11) is 0. The van der Waals surface area contributed by atoms with Crippen molar-refractivity contribution in [2.24, 2.45) is 23.2 Å². The average molecular weight is 365 g/mol. The molecule has 0 aromatic heterocycles. The van der Waals surface area contributed by atoms with Crippen LogP contribution < -0.4 is 4.90 Å². The summed E-state index contributed by atoms with van der Waals surface area (Å²) in [4.78, 5) is 14.1. The van der Waals surface area contributed by atoms with E-state index in [-0.39, 0.29) is 41.5 Å². The molecule has 146 valence electrons. The van der Waals surface area contributed by atoms with E-state index in [0.717, 1.165) is 38.9 Å². The number of allylic oxidation sites excluding steroid dienone is 1. The first-order valence-corrected chi connectivity index (χ1v) is 10.4. The molecule has 0 aromatic rings. The van der Waals surface area contributed by atoms with Gasteiger partial charge in [0.25, 0.3) is 0 Å². The molecule has 5 heteroatoms. The molecular formula is C21H34NO4+. The van der Waals surface area contributed by atoms with Gasteiger partial charge in [-0.15, -0.1) is 0 Å². The van der Waals surface area contributed by atoms with E-state index < -0.39 is 6.10 Å². The summed E-state index contributed by atoms with van der Waals surface area (Å²) >= 11 is 0. The quantitative estimate of drug-likeness (QED) is 0.566. The van der Waals surface area contributed by atoms with Crippen LogP contribution in [0.3, 0.4) is 0 Å². The number of aliphatic hydroxyl groups excluding tert-OH is 1. The zero-order chi connectivity index (χ0) is 18.6. The van der Waals surface area contributed by atoms with E-state index in [4.69, 9.17) is 9.47 Å². The maximum Gasteiger partial charge on any atom is 0.315 e. The van der Waals surface area contributed by atoms with Crippen LogP contribution in [0.15, 0.2) is 11.6 Å². The van der Waals surface area contributed by atoms with E-state index in [9.17, 15) is 9.90 Å². The highest BCUT2D eigenvalue weighted by atomic mass is 16.6. The molecule has 26 heavy (non-hydrogen) atoms. The smallest absolute Gasteiger partial charge is 0.315 e. The van der Waals surface area contributed by atoms with Crippen molar-refractivity contribution in [2.75, 3.05) is 19.6 Å². The van der Waals surface area contributed by atoms with E-state index in [1.165, 1.54) is 10.5 Å². The summed E-state index contributed by atoms with van der Waals surface area (Å²) in [5.74, 6) is 0.0561. The van der Waals surface area contributed by atoms with E-state index in [2.05, 4.69) is 33.8 Å². The molecule has 2 saturated heterocycles. The van der Waals surface area contributed by atoms with Gasteiger partial charge in [-0.1, -0.05) is 25.5 Å². The second kappa shape index (κ2) is 6.61. The lowest BCUT2D eigenvalue weighted by molar-refractivity contribution is -0.917. The Morgan fingerprint density at radius 3 is 2.65 bits per heavy atom. The fraction of sp³-hybridized carbons (Fsp3) is 0.857. The fourth-order valence-corrected chi connectivity index (χ4v) is 6.16. The number of hydrogen-bond acceptors (Lipinski definition) is 4. The van der Waals surface area contributed by atoms with E-state index >= 15 is 0 Å². The van der Waals surface area contributed by atoms with Crippen molar-refractivity contribution in [3.63, 3.8) is 0 Å². The van der Waals surface area contributed by atoms with Crippen molar-refractivity contribution in [3.8, 4) is 0 Å². The molecule has 0 bridgehead atoms. The Morgan fingerprint density at radius 1 is 1.27 bits per heavy atom. The predicted molar refractivity (Wildman–Crippen MR) is 97.6 cm³/mol. The van der Waals surface area contributed by atoms with Crippen LogP contribution in [0.4, 0.5) is 0 Å². The van der Waals surface area contributed by atoms with Gasteiger partial charge in [-0.2, -0.15) is 0 Å². The molecule has 0 spiro atoms. The number of fused-ring (bicyclic) bond motifs is 2. The summed E-state index contributed by atoms with van der Waals surface area (Å²) in [6.45, 7) is 11.2.